The molecule has 0 unspecified atom stereocenters. The fourth-order valence-electron chi connectivity index (χ4n) is 1.88. The van der Waals surface area contributed by atoms with E-state index >= 15 is 0 Å². The molecule has 2 aromatic heterocycles. The van der Waals surface area contributed by atoms with Crippen molar-refractivity contribution in [3.8, 4) is 0 Å². The molecule has 0 atom stereocenters. The Bertz CT molecular complexity index is 660. The van der Waals surface area contributed by atoms with Crippen molar-refractivity contribution in [3.63, 3.8) is 0 Å². The number of H-pyrrole nitrogens is 1. The Hall–Kier alpha value is -2.36. The maximum atomic E-state index is 12.2. The van der Waals surface area contributed by atoms with Gasteiger partial charge in [-0.15, -0.1) is 0 Å². The minimum absolute atomic E-state index is 0.0892. The molecule has 17 heavy (non-hydrogen) atoms. The normalized spacial score (nSPS) is 10.9. The van der Waals surface area contributed by atoms with Gasteiger partial charge in [0.15, 0.2) is 5.82 Å². The summed E-state index contributed by atoms with van der Waals surface area (Å²) in [5, 5.41) is 0. The highest BCUT2D eigenvalue weighted by atomic mass is 16.1. The average Bonchev–Trinajstić information content (AvgIpc) is 2.93. The van der Waals surface area contributed by atoms with E-state index in [2.05, 4.69) is 9.97 Å². The topological polar surface area (TPSA) is 50.7 Å². The maximum absolute atomic E-state index is 12.2. The van der Waals surface area contributed by atoms with Gasteiger partial charge in [-0.2, -0.15) is 0 Å². The zero-order valence-electron chi connectivity index (χ0n) is 9.34. The van der Waals surface area contributed by atoms with Crippen LogP contribution in [0.2, 0.25) is 0 Å². The van der Waals surface area contributed by atoms with E-state index in [1.807, 2.05) is 43.6 Å². The monoisotopic (exact) mass is 225 g/mol. The Morgan fingerprint density at radius 3 is 2.76 bits per heavy atom. The van der Waals surface area contributed by atoms with Gasteiger partial charge < -0.3 is 9.55 Å². The van der Waals surface area contributed by atoms with Gasteiger partial charge in [0, 0.05) is 13.2 Å². The van der Waals surface area contributed by atoms with Crippen LogP contribution in [-0.4, -0.2) is 20.3 Å². The van der Waals surface area contributed by atoms with E-state index in [9.17, 15) is 4.79 Å². The lowest BCUT2D eigenvalue weighted by atomic mass is 10.3. The quantitative estimate of drug-likeness (QED) is 0.679. The number of ketones is 1. The van der Waals surface area contributed by atoms with E-state index in [1.165, 1.54) is 0 Å². The largest absolute Gasteiger partial charge is 0.348 e. The van der Waals surface area contributed by atoms with Gasteiger partial charge in [-0.25, -0.2) is 4.98 Å². The molecular weight excluding hydrogens is 214 g/mol. The summed E-state index contributed by atoms with van der Waals surface area (Å²) in [6, 6.07) is 11.2. The second kappa shape index (κ2) is 3.59. The third-order valence-electron chi connectivity index (χ3n) is 2.78. The van der Waals surface area contributed by atoms with Gasteiger partial charge in [-0.1, -0.05) is 12.1 Å². The molecule has 0 spiro atoms. The maximum Gasteiger partial charge on any atom is 0.244 e. The van der Waals surface area contributed by atoms with Crippen LogP contribution in [-0.2, 0) is 7.05 Å². The van der Waals surface area contributed by atoms with Crippen LogP contribution in [0.4, 0.5) is 0 Å². The zero-order chi connectivity index (χ0) is 11.8. The number of rotatable bonds is 2. The summed E-state index contributed by atoms with van der Waals surface area (Å²) < 4.78 is 1.79. The first-order valence-corrected chi connectivity index (χ1v) is 5.36. The van der Waals surface area contributed by atoms with Gasteiger partial charge >= 0.3 is 0 Å². The van der Waals surface area contributed by atoms with Gasteiger partial charge in [-0.3, -0.25) is 4.79 Å². The molecule has 4 nitrogen and oxygen atoms in total. The number of hydrogen-bond donors (Lipinski definition) is 1. The third-order valence-corrected chi connectivity index (χ3v) is 2.78. The van der Waals surface area contributed by atoms with Crippen LogP contribution in [0.3, 0.4) is 0 Å². The average molecular weight is 225 g/mol. The second-order valence-electron chi connectivity index (χ2n) is 3.94. The molecule has 0 aliphatic carbocycles. The fraction of sp³-hybridized carbons (Fsp3) is 0.0769. The molecule has 0 bridgehead atoms. The van der Waals surface area contributed by atoms with Crippen molar-refractivity contribution in [2.75, 3.05) is 0 Å². The molecule has 0 amide bonds. The van der Waals surface area contributed by atoms with E-state index in [0.29, 0.717) is 11.5 Å². The molecule has 1 N–H and O–H groups in total. The number of carbonyl (C=O) groups excluding carboxylic acids is 1. The molecule has 84 valence electrons. The van der Waals surface area contributed by atoms with Crippen LogP contribution >= 0.6 is 0 Å². The van der Waals surface area contributed by atoms with E-state index in [4.69, 9.17) is 0 Å². The van der Waals surface area contributed by atoms with Crippen molar-refractivity contribution in [3.05, 3.63) is 54.1 Å². The first-order chi connectivity index (χ1) is 8.25. The van der Waals surface area contributed by atoms with Crippen molar-refractivity contribution in [1.29, 1.82) is 0 Å². The lowest BCUT2D eigenvalue weighted by Crippen LogP contribution is -2.08. The zero-order valence-corrected chi connectivity index (χ0v) is 9.34. The molecule has 0 saturated carbocycles. The molecule has 3 aromatic rings. The van der Waals surface area contributed by atoms with Crippen LogP contribution in [0.25, 0.3) is 11.0 Å². The Morgan fingerprint density at radius 1 is 1.24 bits per heavy atom. The van der Waals surface area contributed by atoms with Gasteiger partial charge in [0.2, 0.25) is 5.78 Å². The Labute approximate surface area is 97.9 Å². The number of fused-ring (bicyclic) bond motifs is 1. The smallest absolute Gasteiger partial charge is 0.244 e. The number of aromatic nitrogens is 3. The Kier molecular flexibility index (Phi) is 2.08. The lowest BCUT2D eigenvalue weighted by Gasteiger charge is -1.98. The fourth-order valence-corrected chi connectivity index (χ4v) is 1.88. The highest BCUT2D eigenvalue weighted by molar-refractivity contribution is 6.06. The Morgan fingerprint density at radius 2 is 2.06 bits per heavy atom. The number of hydrogen-bond acceptors (Lipinski definition) is 2. The van der Waals surface area contributed by atoms with Crippen LogP contribution in [0.1, 0.15) is 16.3 Å². The molecule has 3 rings (SSSR count). The van der Waals surface area contributed by atoms with Crippen molar-refractivity contribution >= 4 is 16.8 Å². The van der Waals surface area contributed by atoms with Crippen molar-refractivity contribution in [2.45, 2.75) is 0 Å². The standard InChI is InChI=1S/C13H11N3O/c1-16-8-4-7-11(16)12(17)13-14-9-5-2-3-6-10(9)15-13/h2-8H,1H3,(H,14,15). The van der Waals surface area contributed by atoms with E-state index in [-0.39, 0.29) is 5.78 Å². The molecule has 4 heteroatoms. The molecular formula is C13H11N3O. The molecule has 0 radical (unpaired) electrons. The minimum Gasteiger partial charge on any atom is -0.348 e. The number of carbonyl (C=O) groups is 1. The first-order valence-electron chi connectivity index (χ1n) is 5.36. The van der Waals surface area contributed by atoms with Gasteiger partial charge in [0.25, 0.3) is 0 Å². The molecule has 0 fully saturated rings. The Balaban J connectivity index is 2.10. The van der Waals surface area contributed by atoms with Crippen LogP contribution in [0.15, 0.2) is 42.6 Å². The first kappa shape index (κ1) is 9.84. The highest BCUT2D eigenvalue weighted by Gasteiger charge is 2.15. The van der Waals surface area contributed by atoms with Crippen molar-refractivity contribution in [2.24, 2.45) is 7.05 Å². The summed E-state index contributed by atoms with van der Waals surface area (Å²) in [7, 11) is 1.84. The highest BCUT2D eigenvalue weighted by Crippen LogP contribution is 2.13. The molecule has 1 aromatic carbocycles. The number of nitrogens with one attached hydrogen (secondary N) is 1. The second-order valence-corrected chi connectivity index (χ2v) is 3.94. The number of nitrogens with zero attached hydrogens (tertiary/aromatic N) is 2. The summed E-state index contributed by atoms with van der Waals surface area (Å²) in [5.41, 5.74) is 2.32. The molecule has 2 heterocycles. The van der Waals surface area contributed by atoms with Gasteiger partial charge in [-0.05, 0) is 24.3 Å². The summed E-state index contributed by atoms with van der Waals surface area (Å²) >= 11 is 0. The summed E-state index contributed by atoms with van der Waals surface area (Å²) in [5.74, 6) is 0.293. The lowest BCUT2D eigenvalue weighted by molar-refractivity contribution is 0.102. The predicted molar refractivity (Wildman–Crippen MR) is 64.9 cm³/mol. The van der Waals surface area contributed by atoms with Crippen LogP contribution < -0.4 is 0 Å². The van der Waals surface area contributed by atoms with E-state index in [0.717, 1.165) is 11.0 Å². The SMILES string of the molecule is Cn1cccc1C(=O)c1nc2ccccc2[nH]1. The number of imidazole rings is 1. The van der Waals surface area contributed by atoms with Gasteiger partial charge in [0.1, 0.15) is 0 Å². The number of aryl methyl sites for hydroxylation is 1. The summed E-state index contributed by atoms with van der Waals surface area (Å²) in [4.78, 5) is 19.5. The number of benzene rings is 1. The van der Waals surface area contributed by atoms with Crippen molar-refractivity contribution in [1.82, 2.24) is 14.5 Å². The van der Waals surface area contributed by atoms with E-state index < -0.39 is 0 Å². The number of para-hydroxylation sites is 2. The van der Waals surface area contributed by atoms with Crippen LogP contribution in [0, 0.1) is 0 Å². The van der Waals surface area contributed by atoms with E-state index in [1.54, 1.807) is 10.6 Å². The molecule has 0 aliphatic heterocycles. The summed E-state index contributed by atoms with van der Waals surface area (Å²) in [6.07, 6.45) is 1.84. The molecule has 0 saturated heterocycles. The van der Waals surface area contributed by atoms with Gasteiger partial charge in [0.05, 0.1) is 16.7 Å². The molecule has 0 aliphatic rings. The number of aromatic amines is 1. The minimum atomic E-state index is -0.0892. The van der Waals surface area contributed by atoms with Crippen molar-refractivity contribution < 1.29 is 4.79 Å². The predicted octanol–water partition coefficient (Wildman–Crippen LogP) is 2.13. The summed E-state index contributed by atoms with van der Waals surface area (Å²) in [6.45, 7) is 0. The third kappa shape index (κ3) is 1.54. The van der Waals surface area contributed by atoms with Crippen LogP contribution in [0.5, 0.6) is 0 Å².